The number of nitrogens with zero attached hydrogens (tertiary/aromatic N) is 2. The van der Waals surface area contributed by atoms with Crippen molar-refractivity contribution in [2.45, 2.75) is 17.6 Å². The van der Waals surface area contributed by atoms with E-state index in [9.17, 15) is 26.0 Å². The number of sulfonamides is 1. The van der Waals surface area contributed by atoms with E-state index in [-0.39, 0.29) is 30.1 Å². The largest absolute Gasteiger partial charge is 0.416 e. The lowest BCUT2D eigenvalue weighted by atomic mass is 10.1. The van der Waals surface area contributed by atoms with Crippen LogP contribution in [0, 0.1) is 5.82 Å². The Bertz CT molecular complexity index is 890. The number of piperazine rings is 1. The molecule has 146 valence electrons. The molecule has 0 bridgehead atoms. The van der Waals surface area contributed by atoms with Gasteiger partial charge in [-0.1, -0.05) is 18.2 Å². The number of hydrogen-bond donors (Lipinski definition) is 0. The van der Waals surface area contributed by atoms with Gasteiger partial charge >= 0.3 is 6.18 Å². The van der Waals surface area contributed by atoms with Crippen molar-refractivity contribution in [1.29, 1.82) is 0 Å². The predicted octanol–water partition coefficient (Wildman–Crippen LogP) is 3.35. The van der Waals surface area contributed by atoms with Crippen LogP contribution in [0.15, 0.2) is 53.4 Å². The summed E-state index contributed by atoms with van der Waals surface area (Å²) in [7, 11) is -3.75. The maximum Gasteiger partial charge on any atom is 0.416 e. The van der Waals surface area contributed by atoms with E-state index in [4.69, 9.17) is 0 Å². The second-order valence-corrected chi connectivity index (χ2v) is 8.23. The summed E-state index contributed by atoms with van der Waals surface area (Å²) in [4.78, 5) is 1.79. The maximum absolute atomic E-state index is 13.1. The van der Waals surface area contributed by atoms with Gasteiger partial charge in [-0.2, -0.15) is 17.5 Å². The summed E-state index contributed by atoms with van der Waals surface area (Å²) in [6.45, 7) is 1.04. The van der Waals surface area contributed by atoms with Crippen molar-refractivity contribution >= 4 is 10.0 Å². The third-order valence-electron chi connectivity index (χ3n) is 4.50. The number of hydrogen-bond acceptors (Lipinski definition) is 3. The van der Waals surface area contributed by atoms with E-state index in [1.165, 1.54) is 28.6 Å². The molecule has 0 radical (unpaired) electrons. The molecule has 9 heteroatoms. The lowest BCUT2D eigenvalue weighted by Crippen LogP contribution is -2.48. The Kier molecular flexibility index (Phi) is 5.55. The zero-order chi connectivity index (χ0) is 19.7. The number of benzene rings is 2. The number of alkyl halides is 3. The van der Waals surface area contributed by atoms with Crippen molar-refractivity contribution in [2.24, 2.45) is 0 Å². The smallest absolute Gasteiger partial charge is 0.296 e. The first-order chi connectivity index (χ1) is 12.7. The van der Waals surface area contributed by atoms with Gasteiger partial charge in [-0.15, -0.1) is 0 Å². The van der Waals surface area contributed by atoms with Gasteiger partial charge in [0.25, 0.3) is 0 Å². The normalized spacial score (nSPS) is 17.2. The molecule has 1 aliphatic rings. The number of rotatable bonds is 4. The maximum atomic E-state index is 13.1. The average Bonchev–Trinajstić information content (AvgIpc) is 2.62. The molecule has 1 heterocycles. The van der Waals surface area contributed by atoms with Crippen LogP contribution in [0.5, 0.6) is 0 Å². The fraction of sp³-hybridized carbons (Fsp3) is 0.333. The second-order valence-electron chi connectivity index (χ2n) is 6.29. The summed E-state index contributed by atoms with van der Waals surface area (Å²) in [6, 6.07) is 9.95. The molecule has 0 atom stereocenters. The van der Waals surface area contributed by atoms with Crippen molar-refractivity contribution in [3.05, 3.63) is 65.5 Å². The van der Waals surface area contributed by atoms with Crippen LogP contribution in [0.2, 0.25) is 0 Å². The second kappa shape index (κ2) is 7.57. The molecular formula is C18H18F4N2O2S. The number of halogens is 4. The Morgan fingerprint density at radius 3 is 2.07 bits per heavy atom. The molecule has 27 heavy (non-hydrogen) atoms. The zero-order valence-electron chi connectivity index (χ0n) is 14.3. The van der Waals surface area contributed by atoms with Crippen molar-refractivity contribution < 1.29 is 26.0 Å². The van der Waals surface area contributed by atoms with Gasteiger partial charge in [0.05, 0.1) is 10.5 Å². The summed E-state index contributed by atoms with van der Waals surface area (Å²) >= 11 is 0. The Labute approximate surface area is 155 Å². The molecule has 4 nitrogen and oxygen atoms in total. The zero-order valence-corrected chi connectivity index (χ0v) is 15.1. The summed E-state index contributed by atoms with van der Waals surface area (Å²) < 4.78 is 78.8. The van der Waals surface area contributed by atoms with Crippen molar-refractivity contribution in [2.75, 3.05) is 26.2 Å². The van der Waals surface area contributed by atoms with E-state index >= 15 is 0 Å². The lowest BCUT2D eigenvalue weighted by Gasteiger charge is -2.34. The van der Waals surface area contributed by atoms with Crippen molar-refractivity contribution in [3.63, 3.8) is 0 Å². The first-order valence-electron chi connectivity index (χ1n) is 8.31. The van der Waals surface area contributed by atoms with E-state index in [1.807, 2.05) is 0 Å². The van der Waals surface area contributed by atoms with Gasteiger partial charge in [-0.3, -0.25) is 4.90 Å². The average molecular weight is 402 g/mol. The van der Waals surface area contributed by atoms with E-state index in [0.717, 1.165) is 18.2 Å². The molecular weight excluding hydrogens is 384 g/mol. The minimum Gasteiger partial charge on any atom is -0.296 e. The van der Waals surface area contributed by atoms with E-state index in [2.05, 4.69) is 0 Å². The molecule has 0 N–H and O–H groups in total. The van der Waals surface area contributed by atoms with Crippen LogP contribution >= 0.6 is 0 Å². The van der Waals surface area contributed by atoms with Gasteiger partial charge < -0.3 is 0 Å². The minimum absolute atomic E-state index is 0.000216. The molecule has 1 saturated heterocycles. The molecule has 1 fully saturated rings. The first-order valence-corrected chi connectivity index (χ1v) is 9.75. The van der Waals surface area contributed by atoms with Crippen LogP contribution in [0.3, 0.4) is 0 Å². The molecule has 0 aliphatic carbocycles. The molecule has 2 aromatic rings. The highest BCUT2D eigenvalue weighted by atomic mass is 32.2. The molecule has 1 aliphatic heterocycles. The molecule has 0 saturated carbocycles. The molecule has 3 rings (SSSR count). The van der Waals surface area contributed by atoms with Crippen LogP contribution in [0.25, 0.3) is 0 Å². The standard InChI is InChI=1S/C18H18F4N2O2S/c19-15-5-7-16(8-6-15)27(25,26)24-11-9-23(10-12-24)13-14-3-1-2-4-17(14)18(20,21)22/h1-8H,9-13H2. The molecule has 0 aromatic heterocycles. The van der Waals surface area contributed by atoms with Gasteiger partial charge in [0.1, 0.15) is 5.82 Å². The molecule has 0 spiro atoms. The Morgan fingerprint density at radius 1 is 0.889 bits per heavy atom. The molecule has 2 aromatic carbocycles. The SMILES string of the molecule is O=S(=O)(c1ccc(F)cc1)N1CCN(Cc2ccccc2C(F)(F)F)CC1. The van der Waals surface area contributed by atoms with E-state index in [1.54, 1.807) is 11.0 Å². The highest BCUT2D eigenvalue weighted by molar-refractivity contribution is 7.89. The van der Waals surface area contributed by atoms with Crippen LogP contribution in [0.1, 0.15) is 11.1 Å². The Hall–Kier alpha value is -1.97. The van der Waals surface area contributed by atoms with Gasteiger partial charge in [-0.05, 0) is 35.9 Å². The summed E-state index contributed by atoms with van der Waals surface area (Å²) in [5.41, 5.74) is -0.508. The van der Waals surface area contributed by atoms with Crippen LogP contribution in [0.4, 0.5) is 17.6 Å². The Balaban J connectivity index is 1.67. The highest BCUT2D eigenvalue weighted by Gasteiger charge is 2.34. The predicted molar refractivity (Wildman–Crippen MR) is 91.9 cm³/mol. The van der Waals surface area contributed by atoms with Crippen molar-refractivity contribution in [3.8, 4) is 0 Å². The van der Waals surface area contributed by atoms with Gasteiger partial charge in [0, 0.05) is 32.7 Å². The third-order valence-corrected chi connectivity index (χ3v) is 6.41. The fourth-order valence-electron chi connectivity index (χ4n) is 3.06. The van der Waals surface area contributed by atoms with E-state index < -0.39 is 27.6 Å². The Morgan fingerprint density at radius 2 is 1.48 bits per heavy atom. The van der Waals surface area contributed by atoms with Crippen LogP contribution < -0.4 is 0 Å². The van der Waals surface area contributed by atoms with Gasteiger partial charge in [0.15, 0.2) is 0 Å². The summed E-state index contributed by atoms with van der Waals surface area (Å²) in [6.07, 6.45) is -4.43. The van der Waals surface area contributed by atoms with E-state index in [0.29, 0.717) is 13.1 Å². The topological polar surface area (TPSA) is 40.6 Å². The van der Waals surface area contributed by atoms with Crippen LogP contribution in [-0.4, -0.2) is 43.8 Å². The summed E-state index contributed by atoms with van der Waals surface area (Å²) in [5, 5.41) is 0. The monoisotopic (exact) mass is 402 g/mol. The first kappa shape index (κ1) is 19.8. The van der Waals surface area contributed by atoms with Crippen LogP contribution in [-0.2, 0) is 22.7 Å². The van der Waals surface area contributed by atoms with Gasteiger partial charge in [0.2, 0.25) is 10.0 Å². The third kappa shape index (κ3) is 4.48. The van der Waals surface area contributed by atoms with Crippen molar-refractivity contribution in [1.82, 2.24) is 9.21 Å². The lowest BCUT2D eigenvalue weighted by molar-refractivity contribution is -0.138. The fourth-order valence-corrected chi connectivity index (χ4v) is 4.48. The highest BCUT2D eigenvalue weighted by Crippen LogP contribution is 2.32. The summed E-state index contributed by atoms with van der Waals surface area (Å²) in [5.74, 6) is -0.526. The molecule has 0 unspecified atom stereocenters. The van der Waals surface area contributed by atoms with Gasteiger partial charge in [-0.25, -0.2) is 12.8 Å². The molecule has 0 amide bonds. The quantitative estimate of drug-likeness (QED) is 0.737. The minimum atomic E-state index is -4.43.